The fourth-order valence-corrected chi connectivity index (χ4v) is 2.97. The van der Waals surface area contributed by atoms with Gasteiger partial charge in [0.2, 0.25) is 0 Å². The summed E-state index contributed by atoms with van der Waals surface area (Å²) in [6, 6.07) is 8.53. The van der Waals surface area contributed by atoms with E-state index in [4.69, 9.17) is 0 Å². The Bertz CT molecular complexity index is 550. The van der Waals surface area contributed by atoms with Gasteiger partial charge in [0.25, 0.3) is 0 Å². The van der Waals surface area contributed by atoms with Crippen LogP contribution in [0.25, 0.3) is 11.3 Å². The maximum atomic E-state index is 10.9. The minimum Gasteiger partial charge on any atom is -0.342 e. The number of H-pyrrole nitrogens is 1. The lowest BCUT2D eigenvalue weighted by molar-refractivity contribution is 0.112. The first kappa shape index (κ1) is 12.2. The molecule has 3 rings (SSSR count). The normalized spacial score (nSPS) is 16.4. The van der Waals surface area contributed by atoms with E-state index in [0.29, 0.717) is 11.6 Å². The second-order valence-corrected chi connectivity index (χ2v) is 5.24. The molecule has 0 unspecified atom stereocenters. The number of nitrogens with zero attached hydrogens (tertiary/aromatic N) is 1. The zero-order chi connectivity index (χ0) is 13.1. The van der Waals surface area contributed by atoms with Crippen LogP contribution in [0.15, 0.2) is 30.6 Å². The van der Waals surface area contributed by atoms with Gasteiger partial charge in [-0.3, -0.25) is 4.79 Å². The van der Waals surface area contributed by atoms with E-state index in [2.05, 4.69) is 34.2 Å². The lowest BCUT2D eigenvalue weighted by atomic mass is 9.84. The van der Waals surface area contributed by atoms with Crippen LogP contribution in [-0.2, 0) is 0 Å². The molecule has 0 saturated heterocycles. The van der Waals surface area contributed by atoms with Gasteiger partial charge >= 0.3 is 0 Å². The zero-order valence-corrected chi connectivity index (χ0v) is 10.9. The Morgan fingerprint density at radius 2 is 1.84 bits per heavy atom. The summed E-state index contributed by atoms with van der Waals surface area (Å²) in [7, 11) is 0. The van der Waals surface area contributed by atoms with Gasteiger partial charge in [-0.25, -0.2) is 4.98 Å². The van der Waals surface area contributed by atoms with Crippen LogP contribution in [0.1, 0.15) is 54.1 Å². The predicted molar refractivity (Wildman–Crippen MR) is 75.2 cm³/mol. The Morgan fingerprint density at radius 1 is 1.11 bits per heavy atom. The molecule has 1 aromatic carbocycles. The van der Waals surface area contributed by atoms with Crippen LogP contribution in [0.3, 0.4) is 0 Å². The fourth-order valence-electron chi connectivity index (χ4n) is 2.97. The Balaban J connectivity index is 1.84. The lowest BCUT2D eigenvalue weighted by Crippen LogP contribution is -2.04. The van der Waals surface area contributed by atoms with E-state index in [-0.39, 0.29) is 0 Å². The monoisotopic (exact) mass is 254 g/mol. The molecule has 98 valence electrons. The molecule has 19 heavy (non-hydrogen) atoms. The molecular weight excluding hydrogens is 236 g/mol. The summed E-state index contributed by atoms with van der Waals surface area (Å²) in [5.41, 5.74) is 3.71. The van der Waals surface area contributed by atoms with Gasteiger partial charge in [0, 0.05) is 5.56 Å². The summed E-state index contributed by atoms with van der Waals surface area (Å²) in [4.78, 5) is 18.0. The minimum atomic E-state index is 0.547. The van der Waals surface area contributed by atoms with Crippen molar-refractivity contribution in [2.24, 2.45) is 0 Å². The average molecular weight is 254 g/mol. The third kappa shape index (κ3) is 2.46. The van der Waals surface area contributed by atoms with Crippen LogP contribution in [0.5, 0.6) is 0 Å². The highest BCUT2D eigenvalue weighted by Crippen LogP contribution is 2.33. The van der Waals surface area contributed by atoms with Crippen molar-refractivity contribution in [1.82, 2.24) is 9.97 Å². The number of hydrogen-bond donors (Lipinski definition) is 1. The van der Waals surface area contributed by atoms with Crippen LogP contribution in [0.2, 0.25) is 0 Å². The number of aromatic nitrogens is 2. The molecule has 0 radical (unpaired) electrons. The molecule has 1 saturated carbocycles. The largest absolute Gasteiger partial charge is 0.342 e. The van der Waals surface area contributed by atoms with Gasteiger partial charge in [0.1, 0.15) is 5.69 Å². The molecule has 1 aliphatic carbocycles. The highest BCUT2D eigenvalue weighted by atomic mass is 16.1. The lowest BCUT2D eigenvalue weighted by Gasteiger charge is -2.22. The first-order valence-corrected chi connectivity index (χ1v) is 6.97. The van der Waals surface area contributed by atoms with E-state index in [1.165, 1.54) is 37.7 Å². The fraction of sp³-hybridized carbons (Fsp3) is 0.375. The zero-order valence-electron chi connectivity index (χ0n) is 10.9. The Labute approximate surface area is 113 Å². The highest BCUT2D eigenvalue weighted by Gasteiger charge is 2.15. The number of rotatable bonds is 3. The Hall–Kier alpha value is -1.90. The summed E-state index contributed by atoms with van der Waals surface area (Å²) in [6.07, 6.45) is 9.07. The number of hydrogen-bond acceptors (Lipinski definition) is 2. The van der Waals surface area contributed by atoms with Crippen molar-refractivity contribution in [2.75, 3.05) is 0 Å². The summed E-state index contributed by atoms with van der Waals surface area (Å²) in [5.74, 6) is 0.715. The summed E-state index contributed by atoms with van der Waals surface area (Å²) in [6.45, 7) is 0. The molecular formula is C16H18N2O. The van der Waals surface area contributed by atoms with Crippen LogP contribution < -0.4 is 0 Å². The van der Waals surface area contributed by atoms with Crippen molar-refractivity contribution in [3.05, 3.63) is 41.9 Å². The molecule has 3 nitrogen and oxygen atoms in total. The Morgan fingerprint density at radius 3 is 2.53 bits per heavy atom. The summed E-state index contributed by atoms with van der Waals surface area (Å²) in [5, 5.41) is 0. The number of benzene rings is 1. The van der Waals surface area contributed by atoms with Crippen LogP contribution >= 0.6 is 0 Å². The molecule has 1 heterocycles. The third-order valence-electron chi connectivity index (χ3n) is 4.05. The third-order valence-corrected chi connectivity index (χ3v) is 4.05. The first-order valence-electron chi connectivity index (χ1n) is 6.97. The van der Waals surface area contributed by atoms with Gasteiger partial charge in [-0.1, -0.05) is 43.5 Å². The first-order chi connectivity index (χ1) is 9.38. The average Bonchev–Trinajstić information content (AvgIpc) is 2.97. The highest BCUT2D eigenvalue weighted by molar-refractivity contribution is 5.83. The quantitative estimate of drug-likeness (QED) is 0.843. The van der Waals surface area contributed by atoms with Gasteiger partial charge in [-0.2, -0.15) is 0 Å². The molecule has 0 spiro atoms. The molecule has 1 aliphatic rings. The van der Waals surface area contributed by atoms with E-state index in [1.807, 2.05) is 0 Å². The second kappa shape index (κ2) is 5.39. The summed E-state index contributed by atoms with van der Waals surface area (Å²) >= 11 is 0. The topological polar surface area (TPSA) is 45.8 Å². The number of aromatic amines is 1. The standard InChI is InChI=1S/C16H18N2O/c19-10-15-16(18-11-17-15)14-8-6-13(7-9-14)12-4-2-1-3-5-12/h6-12H,1-5H2,(H,17,18). The number of aldehydes is 1. The van der Waals surface area contributed by atoms with Gasteiger partial charge in [0.15, 0.2) is 6.29 Å². The maximum Gasteiger partial charge on any atom is 0.168 e. The van der Waals surface area contributed by atoms with Crippen molar-refractivity contribution in [2.45, 2.75) is 38.0 Å². The van der Waals surface area contributed by atoms with Crippen LogP contribution in [0.4, 0.5) is 0 Å². The molecule has 1 fully saturated rings. The van der Waals surface area contributed by atoms with E-state index in [0.717, 1.165) is 17.5 Å². The number of carbonyl (C=O) groups excluding carboxylic acids is 1. The van der Waals surface area contributed by atoms with Gasteiger partial charge in [0.05, 0.1) is 12.0 Å². The van der Waals surface area contributed by atoms with Crippen LogP contribution in [0, 0.1) is 0 Å². The molecule has 1 aromatic heterocycles. The summed E-state index contributed by atoms with van der Waals surface area (Å²) < 4.78 is 0. The van der Waals surface area contributed by atoms with Crippen molar-refractivity contribution in [1.29, 1.82) is 0 Å². The molecule has 0 amide bonds. The maximum absolute atomic E-state index is 10.9. The van der Waals surface area contributed by atoms with Gasteiger partial charge < -0.3 is 4.98 Å². The molecule has 1 N–H and O–H groups in total. The molecule has 2 aromatic rings. The van der Waals surface area contributed by atoms with E-state index in [9.17, 15) is 4.79 Å². The molecule has 0 aliphatic heterocycles. The second-order valence-electron chi connectivity index (χ2n) is 5.24. The van der Waals surface area contributed by atoms with Crippen molar-refractivity contribution < 1.29 is 4.79 Å². The van der Waals surface area contributed by atoms with E-state index >= 15 is 0 Å². The number of carbonyl (C=O) groups is 1. The Kier molecular flexibility index (Phi) is 3.45. The number of nitrogens with one attached hydrogen (secondary N) is 1. The molecule has 3 heteroatoms. The predicted octanol–water partition coefficient (Wildman–Crippen LogP) is 3.94. The van der Waals surface area contributed by atoms with Crippen molar-refractivity contribution >= 4 is 6.29 Å². The van der Waals surface area contributed by atoms with E-state index in [1.54, 1.807) is 6.33 Å². The number of imidazole rings is 1. The van der Waals surface area contributed by atoms with Crippen LogP contribution in [-0.4, -0.2) is 16.3 Å². The van der Waals surface area contributed by atoms with Gasteiger partial charge in [-0.15, -0.1) is 0 Å². The SMILES string of the molecule is O=Cc1[nH]cnc1-c1ccc(C2CCCCC2)cc1. The minimum absolute atomic E-state index is 0.547. The van der Waals surface area contributed by atoms with Crippen molar-refractivity contribution in [3.8, 4) is 11.3 Å². The molecule has 0 bridgehead atoms. The molecule has 0 atom stereocenters. The van der Waals surface area contributed by atoms with Gasteiger partial charge in [-0.05, 0) is 24.3 Å². The van der Waals surface area contributed by atoms with E-state index < -0.39 is 0 Å². The smallest absolute Gasteiger partial charge is 0.168 e. The van der Waals surface area contributed by atoms with Crippen molar-refractivity contribution in [3.63, 3.8) is 0 Å².